The van der Waals surface area contributed by atoms with E-state index in [1.54, 1.807) is 0 Å². The Morgan fingerprint density at radius 2 is 1.64 bits per heavy atom. The van der Waals surface area contributed by atoms with Gasteiger partial charge in [-0.25, -0.2) is 4.98 Å². The summed E-state index contributed by atoms with van der Waals surface area (Å²) in [6, 6.07) is 21.7. The highest BCUT2D eigenvalue weighted by atomic mass is 79.9. The lowest BCUT2D eigenvalue weighted by molar-refractivity contribution is -0.121. The maximum absolute atomic E-state index is 13.1. The Balaban J connectivity index is 1.58. The summed E-state index contributed by atoms with van der Waals surface area (Å²) in [5.41, 5.74) is 4.75. The first-order chi connectivity index (χ1) is 13.6. The van der Waals surface area contributed by atoms with Gasteiger partial charge >= 0.3 is 0 Å². The third kappa shape index (κ3) is 3.85. The molecule has 0 fully saturated rings. The van der Waals surface area contributed by atoms with Crippen molar-refractivity contribution in [1.29, 1.82) is 0 Å². The van der Waals surface area contributed by atoms with Gasteiger partial charge in [0.05, 0.1) is 18.2 Å². The molecule has 0 saturated heterocycles. The molecule has 4 rings (SSSR count). The highest BCUT2D eigenvalue weighted by molar-refractivity contribution is 9.10. The van der Waals surface area contributed by atoms with Gasteiger partial charge in [-0.15, -0.1) is 0 Å². The third-order valence-electron chi connectivity index (χ3n) is 4.72. The molecule has 140 valence electrons. The van der Waals surface area contributed by atoms with E-state index < -0.39 is 0 Å². The van der Waals surface area contributed by atoms with E-state index in [0.717, 1.165) is 32.5 Å². The molecule has 0 saturated carbocycles. The van der Waals surface area contributed by atoms with Crippen molar-refractivity contribution in [2.75, 3.05) is 0 Å². The first kappa shape index (κ1) is 18.4. The molecule has 1 amide bonds. The van der Waals surface area contributed by atoms with Crippen LogP contribution in [0, 0.1) is 6.92 Å². The smallest absolute Gasteiger partial charge is 0.232 e. The van der Waals surface area contributed by atoms with Crippen molar-refractivity contribution in [2.24, 2.45) is 0 Å². The number of fused-ring (bicyclic) bond motifs is 1. The molecule has 4 aromatic rings. The number of aromatic nitrogens is 2. The lowest BCUT2D eigenvalue weighted by atomic mass is 9.90. The Bertz CT molecular complexity index is 1070. The van der Waals surface area contributed by atoms with Crippen LogP contribution in [0.25, 0.3) is 5.65 Å². The van der Waals surface area contributed by atoms with Crippen LogP contribution in [0.5, 0.6) is 0 Å². The standard InChI is InChI=1S/C23H20BrN3O/c1-16-12-19(24)14-27-15-20(26-22(16)27)13-25-23(28)21(17-8-4-2-5-9-17)18-10-6-3-7-11-18/h2-12,14-15,21H,13H2,1H3,(H,25,28). The van der Waals surface area contributed by atoms with Gasteiger partial charge in [0, 0.05) is 16.9 Å². The van der Waals surface area contributed by atoms with E-state index in [2.05, 4.69) is 26.2 Å². The zero-order valence-corrected chi connectivity index (χ0v) is 17.1. The van der Waals surface area contributed by atoms with Crippen molar-refractivity contribution in [3.05, 3.63) is 106 Å². The van der Waals surface area contributed by atoms with Gasteiger partial charge in [-0.3, -0.25) is 4.79 Å². The van der Waals surface area contributed by atoms with Gasteiger partial charge < -0.3 is 9.72 Å². The van der Waals surface area contributed by atoms with Crippen molar-refractivity contribution in [2.45, 2.75) is 19.4 Å². The Morgan fingerprint density at radius 1 is 1.04 bits per heavy atom. The van der Waals surface area contributed by atoms with Crippen LogP contribution < -0.4 is 5.32 Å². The average Bonchev–Trinajstić information content (AvgIpc) is 3.11. The fourth-order valence-corrected chi connectivity index (χ4v) is 3.99. The molecule has 0 bridgehead atoms. The van der Waals surface area contributed by atoms with Gasteiger partial charge in [0.2, 0.25) is 5.91 Å². The van der Waals surface area contributed by atoms with E-state index in [9.17, 15) is 4.79 Å². The molecule has 0 atom stereocenters. The molecule has 4 nitrogen and oxygen atoms in total. The average molecular weight is 434 g/mol. The summed E-state index contributed by atoms with van der Waals surface area (Å²) in [4.78, 5) is 17.8. The van der Waals surface area contributed by atoms with Crippen LogP contribution in [0.4, 0.5) is 0 Å². The van der Waals surface area contributed by atoms with Gasteiger partial charge in [0.1, 0.15) is 5.65 Å². The van der Waals surface area contributed by atoms with Gasteiger partial charge in [0.25, 0.3) is 0 Å². The molecular weight excluding hydrogens is 414 g/mol. The van der Waals surface area contributed by atoms with E-state index in [4.69, 9.17) is 0 Å². The number of benzene rings is 2. The van der Waals surface area contributed by atoms with Crippen molar-refractivity contribution >= 4 is 27.5 Å². The number of hydrogen-bond acceptors (Lipinski definition) is 2. The Hall–Kier alpha value is -2.92. The lowest BCUT2D eigenvalue weighted by Gasteiger charge is -2.17. The van der Waals surface area contributed by atoms with E-state index in [0.29, 0.717) is 6.54 Å². The first-order valence-electron chi connectivity index (χ1n) is 9.13. The highest BCUT2D eigenvalue weighted by Gasteiger charge is 2.22. The van der Waals surface area contributed by atoms with E-state index in [1.165, 1.54) is 0 Å². The van der Waals surface area contributed by atoms with Crippen molar-refractivity contribution in [3.8, 4) is 0 Å². The summed E-state index contributed by atoms with van der Waals surface area (Å²) in [5, 5.41) is 3.06. The number of carbonyl (C=O) groups is 1. The molecule has 0 aliphatic heterocycles. The Morgan fingerprint density at radius 3 is 2.25 bits per heavy atom. The predicted molar refractivity (Wildman–Crippen MR) is 114 cm³/mol. The number of carbonyl (C=O) groups excluding carboxylic acids is 1. The van der Waals surface area contributed by atoms with Crippen LogP contribution in [0.3, 0.4) is 0 Å². The monoisotopic (exact) mass is 433 g/mol. The Labute approximate surface area is 172 Å². The quantitative estimate of drug-likeness (QED) is 0.488. The fraction of sp³-hybridized carbons (Fsp3) is 0.130. The van der Waals surface area contributed by atoms with Gasteiger partial charge in [-0.1, -0.05) is 60.7 Å². The minimum Gasteiger partial charge on any atom is -0.350 e. The van der Waals surface area contributed by atoms with Crippen LogP contribution in [0.15, 0.2) is 83.6 Å². The number of halogens is 1. The SMILES string of the molecule is Cc1cc(Br)cn2cc(CNC(=O)C(c3ccccc3)c3ccccc3)nc12. The number of pyridine rings is 1. The van der Waals surface area contributed by atoms with Gasteiger partial charge in [-0.2, -0.15) is 0 Å². The van der Waals surface area contributed by atoms with Crippen LogP contribution in [-0.2, 0) is 11.3 Å². The molecule has 28 heavy (non-hydrogen) atoms. The zero-order chi connectivity index (χ0) is 19.5. The lowest BCUT2D eigenvalue weighted by Crippen LogP contribution is -2.29. The largest absolute Gasteiger partial charge is 0.350 e. The second kappa shape index (κ2) is 7.98. The number of nitrogens with zero attached hydrogens (tertiary/aromatic N) is 2. The number of hydrogen-bond donors (Lipinski definition) is 1. The topological polar surface area (TPSA) is 46.4 Å². The number of imidazole rings is 1. The van der Waals surface area contributed by atoms with Crippen LogP contribution in [0.2, 0.25) is 0 Å². The summed E-state index contributed by atoms with van der Waals surface area (Å²) in [5.74, 6) is -0.386. The van der Waals surface area contributed by atoms with Gasteiger partial charge in [-0.05, 0) is 45.6 Å². The summed E-state index contributed by atoms with van der Waals surface area (Å²) in [6.45, 7) is 2.41. The first-order valence-corrected chi connectivity index (χ1v) is 9.92. The molecule has 0 spiro atoms. The number of amides is 1. The van der Waals surface area contributed by atoms with Crippen LogP contribution in [-0.4, -0.2) is 15.3 Å². The second-order valence-corrected chi connectivity index (χ2v) is 7.69. The number of nitrogens with one attached hydrogen (secondary N) is 1. The molecule has 1 N–H and O–H groups in total. The minimum absolute atomic E-state index is 0.0349. The normalized spacial score (nSPS) is 11.1. The predicted octanol–water partition coefficient (Wildman–Crippen LogP) is 4.85. The van der Waals surface area contributed by atoms with Crippen molar-refractivity contribution in [3.63, 3.8) is 0 Å². The fourth-order valence-electron chi connectivity index (χ4n) is 3.43. The minimum atomic E-state index is -0.352. The Kier molecular flexibility index (Phi) is 5.26. The molecular formula is C23H20BrN3O. The summed E-state index contributed by atoms with van der Waals surface area (Å²) < 4.78 is 2.98. The van der Waals surface area contributed by atoms with E-state index in [1.807, 2.05) is 90.4 Å². The summed E-state index contributed by atoms with van der Waals surface area (Å²) in [7, 11) is 0. The maximum atomic E-state index is 13.1. The highest BCUT2D eigenvalue weighted by Crippen LogP contribution is 2.25. The summed E-state index contributed by atoms with van der Waals surface area (Å²) >= 11 is 3.51. The van der Waals surface area contributed by atoms with Crippen LogP contribution >= 0.6 is 15.9 Å². The number of aryl methyl sites for hydroxylation is 1. The molecule has 0 radical (unpaired) electrons. The van der Waals surface area contributed by atoms with Crippen LogP contribution in [0.1, 0.15) is 28.3 Å². The summed E-state index contributed by atoms with van der Waals surface area (Å²) in [6.07, 6.45) is 3.92. The van der Waals surface area contributed by atoms with E-state index in [-0.39, 0.29) is 11.8 Å². The molecule has 2 aromatic heterocycles. The number of rotatable bonds is 5. The van der Waals surface area contributed by atoms with Crippen molar-refractivity contribution < 1.29 is 4.79 Å². The maximum Gasteiger partial charge on any atom is 0.232 e. The zero-order valence-electron chi connectivity index (χ0n) is 15.5. The third-order valence-corrected chi connectivity index (χ3v) is 5.16. The van der Waals surface area contributed by atoms with Crippen molar-refractivity contribution in [1.82, 2.24) is 14.7 Å². The molecule has 2 heterocycles. The molecule has 2 aromatic carbocycles. The van der Waals surface area contributed by atoms with Gasteiger partial charge in [0.15, 0.2) is 0 Å². The molecule has 0 aliphatic rings. The second-order valence-electron chi connectivity index (χ2n) is 6.78. The molecule has 0 unspecified atom stereocenters. The van der Waals surface area contributed by atoms with E-state index >= 15 is 0 Å². The molecule has 0 aliphatic carbocycles. The molecule has 5 heteroatoms.